The van der Waals surface area contributed by atoms with Crippen LogP contribution in [0.4, 0.5) is 17.6 Å². The summed E-state index contributed by atoms with van der Waals surface area (Å²) in [5.41, 5.74) is -1.44. The van der Waals surface area contributed by atoms with Gasteiger partial charge in [0.25, 0.3) is 0 Å². The third kappa shape index (κ3) is 3.95. The molecular formula is C13H7ClF4O2S. The zero-order valence-corrected chi connectivity index (χ0v) is 11.8. The molecule has 0 aliphatic carbocycles. The van der Waals surface area contributed by atoms with Gasteiger partial charge in [-0.2, -0.15) is 13.2 Å². The van der Waals surface area contributed by atoms with Gasteiger partial charge in [0.1, 0.15) is 11.6 Å². The average Bonchev–Trinajstić information content (AvgIpc) is 2.83. The monoisotopic (exact) mass is 338 g/mol. The first-order valence-corrected chi connectivity index (χ1v) is 6.75. The number of hydrogen-bond donors (Lipinski definition) is 0. The van der Waals surface area contributed by atoms with Gasteiger partial charge in [0, 0.05) is 0 Å². The van der Waals surface area contributed by atoms with Gasteiger partial charge >= 0.3 is 6.18 Å². The number of rotatable bonds is 4. The molecule has 0 atom stereocenters. The van der Waals surface area contributed by atoms with Crippen LogP contribution in [0.2, 0.25) is 4.34 Å². The molecule has 1 heterocycles. The first-order chi connectivity index (χ1) is 9.77. The Kier molecular flexibility index (Phi) is 4.53. The molecule has 0 spiro atoms. The fourth-order valence-corrected chi connectivity index (χ4v) is 2.46. The molecule has 1 aromatic carbocycles. The van der Waals surface area contributed by atoms with E-state index < -0.39 is 29.9 Å². The SMILES string of the molecule is O=C(COc1ccc(F)c(C(F)(F)F)c1)c1ccc(Cl)s1. The molecule has 2 rings (SSSR count). The Morgan fingerprint density at radius 3 is 2.52 bits per heavy atom. The molecule has 0 radical (unpaired) electrons. The van der Waals surface area contributed by atoms with Crippen LogP contribution in [-0.4, -0.2) is 12.4 Å². The highest BCUT2D eigenvalue weighted by Gasteiger charge is 2.34. The molecule has 0 saturated heterocycles. The van der Waals surface area contributed by atoms with Gasteiger partial charge < -0.3 is 4.74 Å². The second kappa shape index (κ2) is 6.03. The third-order valence-corrected chi connectivity index (χ3v) is 3.73. The molecule has 2 aromatic rings. The summed E-state index contributed by atoms with van der Waals surface area (Å²) in [5, 5.41) is 0. The minimum Gasteiger partial charge on any atom is -0.485 e. The summed E-state index contributed by atoms with van der Waals surface area (Å²) in [4.78, 5) is 12.0. The second-order valence-electron chi connectivity index (χ2n) is 3.96. The number of ketones is 1. The van der Waals surface area contributed by atoms with Crippen molar-refractivity contribution >= 4 is 28.7 Å². The van der Waals surface area contributed by atoms with E-state index in [2.05, 4.69) is 0 Å². The number of alkyl halides is 3. The summed E-state index contributed by atoms with van der Waals surface area (Å²) in [6, 6.07) is 5.21. The van der Waals surface area contributed by atoms with Gasteiger partial charge in [0.05, 0.1) is 14.8 Å². The lowest BCUT2D eigenvalue weighted by molar-refractivity contribution is -0.140. The third-order valence-electron chi connectivity index (χ3n) is 2.46. The molecule has 0 N–H and O–H groups in total. The Hall–Kier alpha value is -1.60. The zero-order valence-electron chi connectivity index (χ0n) is 10.2. The van der Waals surface area contributed by atoms with E-state index in [1.54, 1.807) is 0 Å². The quantitative estimate of drug-likeness (QED) is 0.590. The fraction of sp³-hybridized carbons (Fsp3) is 0.154. The number of Topliss-reactive ketones (excluding diaryl/α,β-unsaturated/α-hetero) is 1. The normalized spacial score (nSPS) is 11.5. The molecule has 1 aromatic heterocycles. The molecule has 0 unspecified atom stereocenters. The number of thiophene rings is 1. The molecule has 0 amide bonds. The maximum Gasteiger partial charge on any atom is 0.419 e. The Labute approximate surface area is 125 Å². The highest BCUT2D eigenvalue weighted by molar-refractivity contribution is 7.18. The van der Waals surface area contributed by atoms with Gasteiger partial charge in [0.2, 0.25) is 5.78 Å². The number of carbonyl (C=O) groups is 1. The van der Waals surface area contributed by atoms with Crippen LogP contribution in [0.25, 0.3) is 0 Å². The summed E-state index contributed by atoms with van der Waals surface area (Å²) in [7, 11) is 0. The van der Waals surface area contributed by atoms with Crippen molar-refractivity contribution in [3.8, 4) is 5.75 Å². The molecule has 112 valence electrons. The van der Waals surface area contributed by atoms with Gasteiger partial charge in [-0.25, -0.2) is 4.39 Å². The van der Waals surface area contributed by atoms with Crippen molar-refractivity contribution in [3.63, 3.8) is 0 Å². The average molecular weight is 339 g/mol. The summed E-state index contributed by atoms with van der Waals surface area (Å²) in [6.45, 7) is -0.459. The van der Waals surface area contributed by atoms with E-state index in [-0.39, 0.29) is 5.75 Å². The highest BCUT2D eigenvalue weighted by atomic mass is 35.5. The van der Waals surface area contributed by atoms with E-state index >= 15 is 0 Å². The first-order valence-electron chi connectivity index (χ1n) is 5.55. The van der Waals surface area contributed by atoms with E-state index in [0.717, 1.165) is 17.4 Å². The molecule has 0 aliphatic heterocycles. The lowest BCUT2D eigenvalue weighted by atomic mass is 10.2. The van der Waals surface area contributed by atoms with E-state index in [4.69, 9.17) is 16.3 Å². The van der Waals surface area contributed by atoms with Crippen LogP contribution in [0.3, 0.4) is 0 Å². The molecule has 0 aliphatic rings. The van der Waals surface area contributed by atoms with Crippen molar-refractivity contribution in [1.29, 1.82) is 0 Å². The standard InChI is InChI=1S/C13H7ClF4O2S/c14-12-4-3-11(21-12)10(19)6-20-7-1-2-9(15)8(5-7)13(16,17)18/h1-5H,6H2. The first kappa shape index (κ1) is 15.8. The van der Waals surface area contributed by atoms with Crippen LogP contribution in [0, 0.1) is 5.82 Å². The number of ether oxygens (including phenoxy) is 1. The number of carbonyl (C=O) groups excluding carboxylic acids is 1. The highest BCUT2D eigenvalue weighted by Crippen LogP contribution is 2.33. The summed E-state index contributed by atoms with van der Waals surface area (Å²) >= 11 is 6.71. The molecular weight excluding hydrogens is 332 g/mol. The van der Waals surface area contributed by atoms with Crippen LogP contribution < -0.4 is 4.74 Å². The molecule has 0 bridgehead atoms. The predicted molar refractivity (Wildman–Crippen MR) is 70.6 cm³/mol. The van der Waals surface area contributed by atoms with Crippen molar-refractivity contribution in [2.45, 2.75) is 6.18 Å². The Bertz CT molecular complexity index is 666. The van der Waals surface area contributed by atoms with E-state index in [0.29, 0.717) is 21.3 Å². The molecule has 0 fully saturated rings. The van der Waals surface area contributed by atoms with Crippen LogP contribution in [0.5, 0.6) is 5.75 Å². The van der Waals surface area contributed by atoms with Gasteiger partial charge in [-0.05, 0) is 30.3 Å². The summed E-state index contributed by atoms with van der Waals surface area (Å²) < 4.78 is 56.0. The minimum atomic E-state index is -4.82. The molecule has 8 heteroatoms. The topological polar surface area (TPSA) is 26.3 Å². The van der Waals surface area contributed by atoms with Crippen molar-refractivity contribution in [3.05, 3.63) is 50.9 Å². The van der Waals surface area contributed by atoms with E-state index in [1.807, 2.05) is 0 Å². The van der Waals surface area contributed by atoms with Gasteiger partial charge in [-0.1, -0.05) is 11.6 Å². The van der Waals surface area contributed by atoms with Crippen LogP contribution >= 0.6 is 22.9 Å². The van der Waals surface area contributed by atoms with Crippen molar-refractivity contribution in [1.82, 2.24) is 0 Å². The zero-order chi connectivity index (χ0) is 15.6. The Morgan fingerprint density at radius 2 is 1.95 bits per heavy atom. The molecule has 0 saturated carbocycles. The van der Waals surface area contributed by atoms with Crippen LogP contribution in [0.15, 0.2) is 30.3 Å². The number of benzene rings is 1. The van der Waals surface area contributed by atoms with Crippen molar-refractivity contribution in [2.24, 2.45) is 0 Å². The second-order valence-corrected chi connectivity index (χ2v) is 5.67. The smallest absolute Gasteiger partial charge is 0.419 e. The summed E-state index contributed by atoms with van der Waals surface area (Å²) in [5.74, 6) is -2.06. The number of halogens is 5. The molecule has 21 heavy (non-hydrogen) atoms. The largest absolute Gasteiger partial charge is 0.485 e. The fourth-order valence-electron chi connectivity index (χ4n) is 1.50. The predicted octanol–water partition coefficient (Wildman–Crippen LogP) is 4.82. The van der Waals surface area contributed by atoms with Crippen molar-refractivity contribution < 1.29 is 27.1 Å². The van der Waals surface area contributed by atoms with Gasteiger partial charge in [0.15, 0.2) is 6.61 Å². The minimum absolute atomic E-state index is 0.236. The maximum absolute atomic E-state index is 13.1. The Morgan fingerprint density at radius 1 is 1.24 bits per heavy atom. The van der Waals surface area contributed by atoms with E-state index in [1.165, 1.54) is 12.1 Å². The van der Waals surface area contributed by atoms with Crippen LogP contribution in [-0.2, 0) is 6.18 Å². The lowest BCUT2D eigenvalue weighted by Crippen LogP contribution is -2.12. The maximum atomic E-state index is 13.1. The van der Waals surface area contributed by atoms with Crippen LogP contribution in [0.1, 0.15) is 15.2 Å². The number of hydrogen-bond acceptors (Lipinski definition) is 3. The Balaban J connectivity index is 2.09. The molecule has 2 nitrogen and oxygen atoms in total. The summed E-state index contributed by atoms with van der Waals surface area (Å²) in [6.07, 6.45) is -4.82. The van der Waals surface area contributed by atoms with Gasteiger partial charge in [-0.3, -0.25) is 4.79 Å². The lowest BCUT2D eigenvalue weighted by Gasteiger charge is -2.10. The van der Waals surface area contributed by atoms with Crippen molar-refractivity contribution in [2.75, 3.05) is 6.61 Å². The van der Waals surface area contributed by atoms with Gasteiger partial charge in [-0.15, -0.1) is 11.3 Å². The van der Waals surface area contributed by atoms with E-state index in [9.17, 15) is 22.4 Å².